The van der Waals surface area contributed by atoms with Crippen molar-refractivity contribution >= 4 is 34.8 Å². The lowest BCUT2D eigenvalue weighted by Crippen LogP contribution is -2.17. The molecule has 1 fully saturated rings. The molecular formula is C28H30FN3O2S. The third kappa shape index (κ3) is 4.85. The Bertz CT molecular complexity index is 1310. The number of nitrogens with zero attached hydrogens (tertiary/aromatic N) is 1. The predicted octanol–water partition coefficient (Wildman–Crippen LogP) is 7.50. The Hall–Kier alpha value is -3.13. The SMILES string of the molecule is CC.N=Cc1cc2c(cc1N)c(-c1ccc(SO)cc1)c(C1CCOCC1)n2-c1ccc(F)cc1. The zero-order chi connectivity index (χ0) is 24.9. The van der Waals surface area contributed by atoms with Crippen molar-refractivity contribution in [2.24, 2.45) is 0 Å². The van der Waals surface area contributed by atoms with E-state index in [4.69, 9.17) is 15.9 Å². The largest absolute Gasteiger partial charge is 0.398 e. The number of anilines is 1. The molecule has 1 aliphatic rings. The van der Waals surface area contributed by atoms with Crippen LogP contribution < -0.4 is 5.73 Å². The molecule has 0 amide bonds. The molecule has 0 saturated carbocycles. The molecule has 2 heterocycles. The fraction of sp³-hybridized carbons (Fsp3) is 0.250. The lowest BCUT2D eigenvalue weighted by atomic mass is 9.90. The van der Waals surface area contributed by atoms with Crippen molar-refractivity contribution in [1.29, 1.82) is 5.41 Å². The molecule has 5 rings (SSSR count). The lowest BCUT2D eigenvalue weighted by molar-refractivity contribution is 0.0843. The highest BCUT2D eigenvalue weighted by Crippen LogP contribution is 2.44. The maximum absolute atomic E-state index is 13.8. The molecule has 4 aromatic rings. The summed E-state index contributed by atoms with van der Waals surface area (Å²) < 4.78 is 31.0. The predicted molar refractivity (Wildman–Crippen MR) is 144 cm³/mol. The monoisotopic (exact) mass is 491 g/mol. The van der Waals surface area contributed by atoms with Crippen LogP contribution in [0.5, 0.6) is 0 Å². The summed E-state index contributed by atoms with van der Waals surface area (Å²) in [6.45, 7) is 5.37. The normalized spacial score (nSPS) is 13.9. The van der Waals surface area contributed by atoms with E-state index in [2.05, 4.69) is 4.57 Å². The summed E-state index contributed by atoms with van der Waals surface area (Å²) in [5.41, 5.74) is 12.5. The maximum Gasteiger partial charge on any atom is 0.123 e. The summed E-state index contributed by atoms with van der Waals surface area (Å²) in [7, 11) is 0. The minimum atomic E-state index is -0.287. The summed E-state index contributed by atoms with van der Waals surface area (Å²) in [5.74, 6) is -0.0488. The Morgan fingerprint density at radius 3 is 2.31 bits per heavy atom. The van der Waals surface area contributed by atoms with E-state index in [0.717, 1.165) is 63.2 Å². The Labute approximate surface area is 209 Å². The minimum Gasteiger partial charge on any atom is -0.398 e. The van der Waals surface area contributed by atoms with E-state index < -0.39 is 0 Å². The Kier molecular flexibility index (Phi) is 7.90. The van der Waals surface area contributed by atoms with Crippen LogP contribution in [0.1, 0.15) is 43.9 Å². The molecule has 7 heteroatoms. The highest BCUT2D eigenvalue weighted by atomic mass is 32.2. The van der Waals surface area contributed by atoms with E-state index in [0.29, 0.717) is 24.5 Å². The van der Waals surface area contributed by atoms with E-state index in [1.54, 1.807) is 12.1 Å². The van der Waals surface area contributed by atoms with Gasteiger partial charge in [0.1, 0.15) is 5.82 Å². The first-order valence-corrected chi connectivity index (χ1v) is 12.6. The highest BCUT2D eigenvalue weighted by molar-refractivity contribution is 7.93. The second-order valence-corrected chi connectivity index (χ2v) is 8.87. The summed E-state index contributed by atoms with van der Waals surface area (Å²) in [6.07, 6.45) is 3.02. The number of hydrogen-bond donors (Lipinski definition) is 3. The van der Waals surface area contributed by atoms with Gasteiger partial charge in [0.05, 0.1) is 5.52 Å². The van der Waals surface area contributed by atoms with Crippen molar-refractivity contribution in [2.45, 2.75) is 37.5 Å². The van der Waals surface area contributed by atoms with E-state index in [1.807, 2.05) is 50.2 Å². The third-order valence-corrected chi connectivity index (χ3v) is 6.79. The van der Waals surface area contributed by atoms with Crippen molar-refractivity contribution < 1.29 is 13.7 Å². The van der Waals surface area contributed by atoms with Gasteiger partial charge in [-0.25, -0.2) is 4.39 Å². The zero-order valence-corrected chi connectivity index (χ0v) is 20.7. The minimum absolute atomic E-state index is 0.239. The van der Waals surface area contributed by atoms with Crippen LogP contribution in [-0.2, 0) is 4.74 Å². The number of hydrogen-bond acceptors (Lipinski definition) is 5. The second-order valence-electron chi connectivity index (χ2n) is 8.22. The number of halogens is 1. The molecule has 0 unspecified atom stereocenters. The van der Waals surface area contributed by atoms with Crippen LogP contribution >= 0.6 is 12.0 Å². The van der Waals surface area contributed by atoms with Crippen molar-refractivity contribution in [2.75, 3.05) is 18.9 Å². The quantitative estimate of drug-likeness (QED) is 0.153. The van der Waals surface area contributed by atoms with Crippen LogP contribution in [0.4, 0.5) is 10.1 Å². The number of rotatable bonds is 5. The molecule has 1 aromatic heterocycles. The van der Waals surface area contributed by atoms with Gasteiger partial charge in [0.15, 0.2) is 0 Å². The molecule has 4 N–H and O–H groups in total. The van der Waals surface area contributed by atoms with E-state index in [9.17, 15) is 8.94 Å². The van der Waals surface area contributed by atoms with Crippen LogP contribution in [0.2, 0.25) is 0 Å². The van der Waals surface area contributed by atoms with Crippen LogP contribution in [0, 0.1) is 11.2 Å². The molecule has 5 nitrogen and oxygen atoms in total. The summed E-state index contributed by atoms with van der Waals surface area (Å²) in [4.78, 5) is 0.763. The Morgan fingerprint density at radius 1 is 1.06 bits per heavy atom. The first-order valence-electron chi connectivity index (χ1n) is 11.8. The first kappa shape index (κ1) is 25.0. The first-order chi connectivity index (χ1) is 17.1. The number of fused-ring (bicyclic) bond motifs is 1. The Morgan fingerprint density at radius 2 is 1.71 bits per heavy atom. The van der Waals surface area contributed by atoms with Crippen molar-refractivity contribution in [3.05, 3.63) is 77.7 Å². The lowest BCUT2D eigenvalue weighted by Gasteiger charge is -2.26. The third-order valence-electron chi connectivity index (χ3n) is 6.31. The van der Waals surface area contributed by atoms with E-state index >= 15 is 0 Å². The molecule has 0 bridgehead atoms. The van der Waals surface area contributed by atoms with Gasteiger partial charge in [-0.3, -0.25) is 0 Å². The van der Waals surface area contributed by atoms with Gasteiger partial charge < -0.3 is 25.0 Å². The fourth-order valence-electron chi connectivity index (χ4n) is 4.72. The number of aromatic nitrogens is 1. The highest BCUT2D eigenvalue weighted by Gasteiger charge is 2.28. The smallest absolute Gasteiger partial charge is 0.123 e. The van der Waals surface area contributed by atoms with Gasteiger partial charge in [0.25, 0.3) is 0 Å². The molecule has 3 aromatic carbocycles. The number of nitrogens with one attached hydrogen (secondary N) is 1. The van der Waals surface area contributed by atoms with Crippen LogP contribution in [0.3, 0.4) is 0 Å². The molecule has 0 atom stereocenters. The number of ether oxygens (including phenoxy) is 1. The second kappa shape index (κ2) is 11.1. The molecule has 1 aliphatic heterocycles. The van der Waals surface area contributed by atoms with Gasteiger partial charge in [-0.2, -0.15) is 0 Å². The summed E-state index contributed by atoms with van der Waals surface area (Å²) in [6, 6.07) is 18.2. The van der Waals surface area contributed by atoms with Gasteiger partial charge in [-0.05, 0) is 66.9 Å². The number of nitrogen functional groups attached to an aromatic ring is 1. The average Bonchev–Trinajstić information content (AvgIpc) is 3.24. The van der Waals surface area contributed by atoms with Crippen LogP contribution in [0.25, 0.3) is 27.7 Å². The van der Waals surface area contributed by atoms with Gasteiger partial charge in [0, 0.05) is 75.9 Å². The van der Waals surface area contributed by atoms with Crippen LogP contribution in [-0.4, -0.2) is 28.5 Å². The number of nitrogens with two attached hydrogens (primary N) is 1. The summed E-state index contributed by atoms with van der Waals surface area (Å²) in [5, 5.41) is 8.80. The van der Waals surface area contributed by atoms with Crippen molar-refractivity contribution in [1.82, 2.24) is 4.57 Å². The summed E-state index contributed by atoms with van der Waals surface area (Å²) >= 11 is 0.717. The van der Waals surface area contributed by atoms with Crippen molar-refractivity contribution in [3.8, 4) is 16.8 Å². The zero-order valence-electron chi connectivity index (χ0n) is 19.9. The van der Waals surface area contributed by atoms with Crippen LogP contribution in [0.15, 0.2) is 65.6 Å². The number of benzene rings is 3. The fourth-order valence-corrected chi connectivity index (χ4v) is 4.98. The molecule has 182 valence electrons. The standard InChI is InChI=1S/C26H24FN3O2S.C2H6/c27-19-3-5-20(6-4-19)30-24-13-18(15-28)23(29)14-22(24)25(16-1-7-21(33-31)8-2-16)26(30)17-9-11-32-12-10-17;1-2/h1-8,13-15,17,28,31H,9-12,29H2;1-2H3. The van der Waals surface area contributed by atoms with Crippen molar-refractivity contribution in [3.63, 3.8) is 0 Å². The van der Waals surface area contributed by atoms with Gasteiger partial charge in [-0.1, -0.05) is 26.0 Å². The van der Waals surface area contributed by atoms with E-state index in [1.165, 1.54) is 18.3 Å². The van der Waals surface area contributed by atoms with Gasteiger partial charge in [-0.15, -0.1) is 0 Å². The molecule has 0 radical (unpaired) electrons. The van der Waals surface area contributed by atoms with E-state index in [-0.39, 0.29) is 11.7 Å². The molecular weight excluding hydrogens is 461 g/mol. The average molecular weight is 492 g/mol. The molecule has 0 spiro atoms. The molecule has 1 saturated heterocycles. The topological polar surface area (TPSA) is 84.3 Å². The van der Waals surface area contributed by atoms with Gasteiger partial charge >= 0.3 is 0 Å². The van der Waals surface area contributed by atoms with Gasteiger partial charge in [0.2, 0.25) is 0 Å². The molecule has 0 aliphatic carbocycles. The Balaban J connectivity index is 0.00000141. The molecule has 35 heavy (non-hydrogen) atoms. The maximum atomic E-state index is 13.8.